The molecule has 1 fully saturated rings. The van der Waals surface area contributed by atoms with E-state index >= 15 is 0 Å². The van der Waals surface area contributed by atoms with Gasteiger partial charge >= 0.3 is 6.09 Å². The summed E-state index contributed by atoms with van der Waals surface area (Å²) < 4.78 is 6.45. The van der Waals surface area contributed by atoms with Gasteiger partial charge in [0.1, 0.15) is 16.0 Å². The first-order valence-corrected chi connectivity index (χ1v) is 10.1. The summed E-state index contributed by atoms with van der Waals surface area (Å²) in [5.74, 6) is 0.906. The summed E-state index contributed by atoms with van der Waals surface area (Å²) in [6, 6.07) is 3.73. The molecule has 0 radical (unpaired) electrons. The van der Waals surface area contributed by atoms with E-state index in [1.54, 1.807) is 4.90 Å². The van der Waals surface area contributed by atoms with Crippen molar-refractivity contribution in [3.05, 3.63) is 22.3 Å². The molecule has 2 unspecified atom stereocenters. The molecule has 1 saturated heterocycles. The molecule has 1 aromatic rings. The molecule has 2 amide bonds. The Hall–Kier alpha value is -1.83. The van der Waals surface area contributed by atoms with E-state index in [1.165, 1.54) is 0 Å². The van der Waals surface area contributed by atoms with E-state index in [0.29, 0.717) is 13.0 Å². The summed E-state index contributed by atoms with van der Waals surface area (Å²) >= 11 is 3.43. The molecule has 0 bridgehead atoms. The van der Waals surface area contributed by atoms with Gasteiger partial charge in [-0.05, 0) is 55.6 Å². The molecule has 0 aromatic carbocycles. The van der Waals surface area contributed by atoms with Gasteiger partial charge in [-0.1, -0.05) is 6.07 Å². The number of anilines is 1. The minimum atomic E-state index is -0.583. The molecule has 2 aliphatic heterocycles. The second kappa shape index (κ2) is 7.66. The number of hydrogen-bond donors (Lipinski definition) is 1. The second-order valence-electron chi connectivity index (χ2n) is 8.21. The quantitative estimate of drug-likeness (QED) is 0.732. The van der Waals surface area contributed by atoms with E-state index in [2.05, 4.69) is 31.1 Å². The number of hydrogen-bond acceptors (Lipinski definition) is 5. The van der Waals surface area contributed by atoms with Crippen molar-refractivity contribution in [2.75, 3.05) is 25.0 Å². The van der Waals surface area contributed by atoms with Crippen LogP contribution in [0.4, 0.5) is 10.6 Å². The van der Waals surface area contributed by atoms with Gasteiger partial charge in [-0.2, -0.15) is 0 Å². The number of rotatable bonds is 3. The SMILES string of the molecule is CN1CCC(N(CC2CCC(=O)N2)C(=O)OC(C)(C)C)c2ccc(Br)nc21. The number of fused-ring (bicyclic) bond motifs is 1. The Morgan fingerprint density at radius 1 is 1.41 bits per heavy atom. The average molecular weight is 439 g/mol. The number of nitrogens with one attached hydrogen (secondary N) is 1. The fourth-order valence-corrected chi connectivity index (χ4v) is 3.90. The van der Waals surface area contributed by atoms with Crippen LogP contribution in [-0.2, 0) is 9.53 Å². The van der Waals surface area contributed by atoms with Gasteiger partial charge < -0.3 is 15.0 Å². The first-order valence-electron chi connectivity index (χ1n) is 9.30. The van der Waals surface area contributed by atoms with Crippen LogP contribution in [0, 0.1) is 0 Å². The lowest BCUT2D eigenvalue weighted by atomic mass is 9.97. The van der Waals surface area contributed by atoms with Gasteiger partial charge in [0, 0.05) is 38.2 Å². The molecule has 3 rings (SSSR count). The zero-order valence-corrected chi connectivity index (χ0v) is 17.9. The van der Waals surface area contributed by atoms with E-state index in [4.69, 9.17) is 4.74 Å². The molecule has 0 saturated carbocycles. The maximum absolute atomic E-state index is 13.0. The van der Waals surface area contributed by atoms with Crippen molar-refractivity contribution in [3.8, 4) is 0 Å². The Kier molecular flexibility index (Phi) is 5.65. The van der Waals surface area contributed by atoms with Crippen LogP contribution in [0.5, 0.6) is 0 Å². The summed E-state index contributed by atoms with van der Waals surface area (Å²) in [6.45, 7) is 6.81. The maximum Gasteiger partial charge on any atom is 0.410 e. The van der Waals surface area contributed by atoms with E-state index < -0.39 is 5.60 Å². The van der Waals surface area contributed by atoms with Gasteiger partial charge in [0.05, 0.1) is 6.04 Å². The van der Waals surface area contributed by atoms with Crippen LogP contribution in [0.1, 0.15) is 51.6 Å². The van der Waals surface area contributed by atoms with Crippen LogP contribution in [0.2, 0.25) is 0 Å². The lowest BCUT2D eigenvalue weighted by Gasteiger charge is -2.40. The first kappa shape index (κ1) is 19.9. The van der Waals surface area contributed by atoms with Crippen LogP contribution in [-0.4, -0.2) is 53.7 Å². The topological polar surface area (TPSA) is 74.8 Å². The molecule has 3 heterocycles. The molecule has 1 N–H and O–H groups in total. The number of aromatic nitrogens is 1. The lowest BCUT2D eigenvalue weighted by molar-refractivity contribution is -0.119. The first-order chi connectivity index (χ1) is 12.6. The van der Waals surface area contributed by atoms with Crippen LogP contribution < -0.4 is 10.2 Å². The van der Waals surface area contributed by atoms with Crippen molar-refractivity contribution in [2.45, 2.75) is 57.7 Å². The van der Waals surface area contributed by atoms with Crippen molar-refractivity contribution >= 4 is 33.7 Å². The van der Waals surface area contributed by atoms with Crippen molar-refractivity contribution in [2.24, 2.45) is 0 Å². The number of carbonyl (C=O) groups excluding carboxylic acids is 2. The molecule has 148 valence electrons. The third kappa shape index (κ3) is 4.72. The highest BCUT2D eigenvalue weighted by Gasteiger charge is 2.36. The number of amides is 2. The molecule has 1 aromatic heterocycles. The van der Waals surface area contributed by atoms with Gasteiger partial charge in [0.15, 0.2) is 0 Å². The highest BCUT2D eigenvalue weighted by atomic mass is 79.9. The summed E-state index contributed by atoms with van der Waals surface area (Å²) in [5, 5.41) is 2.96. The zero-order valence-electron chi connectivity index (χ0n) is 16.3. The van der Waals surface area contributed by atoms with Crippen LogP contribution >= 0.6 is 15.9 Å². The third-order valence-electron chi connectivity index (χ3n) is 4.84. The molecule has 27 heavy (non-hydrogen) atoms. The second-order valence-corrected chi connectivity index (χ2v) is 9.02. The molecule has 0 aliphatic carbocycles. The summed E-state index contributed by atoms with van der Waals surface area (Å²) in [5.41, 5.74) is 0.419. The Morgan fingerprint density at radius 2 is 2.15 bits per heavy atom. The van der Waals surface area contributed by atoms with Crippen molar-refractivity contribution in [1.29, 1.82) is 0 Å². The molecular weight excluding hydrogens is 412 g/mol. The lowest BCUT2D eigenvalue weighted by Crippen LogP contribution is -2.47. The van der Waals surface area contributed by atoms with Crippen LogP contribution in [0.15, 0.2) is 16.7 Å². The largest absolute Gasteiger partial charge is 0.444 e. The van der Waals surface area contributed by atoms with Crippen molar-refractivity contribution in [3.63, 3.8) is 0 Å². The number of halogens is 1. The fraction of sp³-hybridized carbons (Fsp3) is 0.632. The number of ether oxygens (including phenoxy) is 1. The van der Waals surface area contributed by atoms with E-state index in [-0.39, 0.29) is 24.1 Å². The highest BCUT2D eigenvalue weighted by molar-refractivity contribution is 9.10. The minimum Gasteiger partial charge on any atom is -0.444 e. The van der Waals surface area contributed by atoms with Gasteiger partial charge in [-0.15, -0.1) is 0 Å². The maximum atomic E-state index is 13.0. The monoisotopic (exact) mass is 438 g/mol. The molecule has 7 nitrogen and oxygen atoms in total. The zero-order chi connectivity index (χ0) is 19.8. The summed E-state index contributed by atoms with van der Waals surface area (Å²) in [4.78, 5) is 33.1. The Morgan fingerprint density at radius 3 is 2.78 bits per heavy atom. The Balaban J connectivity index is 1.91. The number of carbonyl (C=O) groups is 2. The summed E-state index contributed by atoms with van der Waals surface area (Å²) in [7, 11) is 2.00. The predicted molar refractivity (Wildman–Crippen MR) is 107 cm³/mol. The molecule has 8 heteroatoms. The normalized spacial score (nSPS) is 22.3. The van der Waals surface area contributed by atoms with E-state index in [1.807, 2.05) is 40.0 Å². The highest BCUT2D eigenvalue weighted by Crippen LogP contribution is 2.37. The predicted octanol–water partition coefficient (Wildman–Crippen LogP) is 3.24. The minimum absolute atomic E-state index is 0.0403. The molecule has 2 atom stereocenters. The fourth-order valence-electron chi connectivity index (χ4n) is 3.60. The number of nitrogens with zero attached hydrogens (tertiary/aromatic N) is 3. The van der Waals surface area contributed by atoms with E-state index in [9.17, 15) is 9.59 Å². The Bertz CT molecular complexity index is 734. The van der Waals surface area contributed by atoms with Crippen LogP contribution in [0.3, 0.4) is 0 Å². The third-order valence-corrected chi connectivity index (χ3v) is 5.28. The van der Waals surface area contributed by atoms with Gasteiger partial charge in [0.25, 0.3) is 0 Å². The standard InChI is InChI=1S/C19H27BrN4O3/c1-19(2,3)27-18(26)24(11-12-5-8-16(25)21-12)14-9-10-23(4)17-13(14)6-7-15(20)22-17/h6-7,12,14H,5,8-11H2,1-4H3,(H,21,25). The van der Waals surface area contributed by atoms with Crippen molar-refractivity contribution in [1.82, 2.24) is 15.2 Å². The van der Waals surface area contributed by atoms with Crippen LogP contribution in [0.25, 0.3) is 0 Å². The smallest absolute Gasteiger partial charge is 0.410 e. The Labute approximate surface area is 168 Å². The van der Waals surface area contributed by atoms with E-state index in [0.717, 1.165) is 35.4 Å². The molecular formula is C19H27BrN4O3. The average Bonchev–Trinajstić information content (AvgIpc) is 2.97. The number of pyridine rings is 1. The summed E-state index contributed by atoms with van der Waals surface area (Å²) in [6.07, 6.45) is 1.67. The molecule has 0 spiro atoms. The van der Waals surface area contributed by atoms with Gasteiger partial charge in [-0.3, -0.25) is 9.69 Å². The molecule has 2 aliphatic rings. The van der Waals surface area contributed by atoms with Crippen molar-refractivity contribution < 1.29 is 14.3 Å². The van der Waals surface area contributed by atoms with Gasteiger partial charge in [-0.25, -0.2) is 9.78 Å². The van der Waals surface area contributed by atoms with Gasteiger partial charge in [0.2, 0.25) is 5.91 Å².